The van der Waals surface area contributed by atoms with Crippen LogP contribution in [0.25, 0.3) is 0 Å². The van der Waals surface area contributed by atoms with Gasteiger partial charge in [0.15, 0.2) is 11.5 Å². The van der Waals surface area contributed by atoms with Crippen molar-refractivity contribution in [3.8, 4) is 17.8 Å². The number of nitrogens with one attached hydrogen (secondary N) is 1. The van der Waals surface area contributed by atoms with E-state index in [0.717, 1.165) is 0 Å². The fraction of sp³-hybridized carbons (Fsp3) is 0.0556. The van der Waals surface area contributed by atoms with E-state index in [1.807, 2.05) is 6.07 Å². The number of aromatic nitrogens is 3. The number of nitrogens with zero attached hydrogens (tertiary/aromatic N) is 4. The minimum Gasteiger partial charge on any atom is -0.422 e. The summed E-state index contributed by atoms with van der Waals surface area (Å²) in [4.78, 5) is 23.9. The number of nitriles is 1. The van der Waals surface area contributed by atoms with Crippen LogP contribution in [0.15, 0.2) is 36.4 Å². The second-order valence-electron chi connectivity index (χ2n) is 5.54. The maximum Gasteiger partial charge on any atom is 0.328 e. The molecule has 1 aromatic heterocycles. The summed E-state index contributed by atoms with van der Waals surface area (Å²) >= 11 is 12.1. The van der Waals surface area contributed by atoms with Crippen LogP contribution >= 0.6 is 23.2 Å². The minimum atomic E-state index is -0.294. The zero-order valence-corrected chi connectivity index (χ0v) is 15.9. The molecule has 3 rings (SSSR count). The number of benzene rings is 2. The molecule has 28 heavy (non-hydrogen) atoms. The number of carbonyl (C=O) groups is 1. The maximum atomic E-state index is 11.9. The SMILES string of the molecule is CC(=O)c1cc(Cl)cc(Cl)c1Oc1nc(N)nc(Nc2ccc(C#N)cc2)n1. The zero-order chi connectivity index (χ0) is 20.3. The number of ether oxygens (including phenoxy) is 1. The standard InChI is InChI=1S/C18H12Cl2N6O2/c1-9(27)13-6-11(19)7-14(20)15(13)28-18-25-16(22)24-17(26-18)23-12-4-2-10(8-21)3-5-12/h2-7H,1H3,(H3,22,23,24,25,26). The van der Waals surface area contributed by atoms with Crippen LogP contribution < -0.4 is 15.8 Å². The Bertz CT molecular complexity index is 1100. The Labute approximate surface area is 169 Å². The van der Waals surface area contributed by atoms with Gasteiger partial charge in [-0.25, -0.2) is 0 Å². The Hall–Kier alpha value is -3.41. The van der Waals surface area contributed by atoms with Gasteiger partial charge in [0.2, 0.25) is 11.9 Å². The highest BCUT2D eigenvalue weighted by molar-refractivity contribution is 6.36. The lowest BCUT2D eigenvalue weighted by atomic mass is 10.1. The summed E-state index contributed by atoms with van der Waals surface area (Å²) in [5, 5.41) is 12.2. The van der Waals surface area contributed by atoms with Crippen LogP contribution in [0.1, 0.15) is 22.8 Å². The lowest BCUT2D eigenvalue weighted by Gasteiger charge is -2.12. The van der Waals surface area contributed by atoms with Gasteiger partial charge in [-0.2, -0.15) is 20.2 Å². The van der Waals surface area contributed by atoms with Gasteiger partial charge >= 0.3 is 6.01 Å². The Morgan fingerprint density at radius 2 is 1.89 bits per heavy atom. The topological polar surface area (TPSA) is 127 Å². The van der Waals surface area contributed by atoms with Crippen molar-refractivity contribution in [2.45, 2.75) is 6.92 Å². The monoisotopic (exact) mass is 414 g/mol. The van der Waals surface area contributed by atoms with Crippen molar-refractivity contribution in [3.63, 3.8) is 0 Å². The first-order valence-electron chi connectivity index (χ1n) is 7.82. The lowest BCUT2D eigenvalue weighted by Crippen LogP contribution is -2.06. The average molecular weight is 415 g/mol. The summed E-state index contributed by atoms with van der Waals surface area (Å²) in [5.74, 6) is -0.219. The van der Waals surface area contributed by atoms with E-state index in [4.69, 9.17) is 38.9 Å². The number of hydrogen-bond donors (Lipinski definition) is 2. The average Bonchev–Trinajstić information content (AvgIpc) is 2.63. The Morgan fingerprint density at radius 1 is 1.18 bits per heavy atom. The second-order valence-corrected chi connectivity index (χ2v) is 6.38. The summed E-state index contributed by atoms with van der Waals surface area (Å²) in [5.41, 5.74) is 7.05. The van der Waals surface area contributed by atoms with Gasteiger partial charge in [0.25, 0.3) is 0 Å². The van der Waals surface area contributed by atoms with E-state index in [1.165, 1.54) is 19.1 Å². The number of carbonyl (C=O) groups excluding carboxylic acids is 1. The highest BCUT2D eigenvalue weighted by atomic mass is 35.5. The first-order valence-corrected chi connectivity index (χ1v) is 8.58. The zero-order valence-electron chi connectivity index (χ0n) is 14.4. The number of halogens is 2. The summed E-state index contributed by atoms with van der Waals surface area (Å²) in [6.07, 6.45) is 0. The number of nitrogen functional groups attached to an aromatic ring is 1. The van der Waals surface area contributed by atoms with Crippen molar-refractivity contribution in [2.24, 2.45) is 0 Å². The van der Waals surface area contributed by atoms with Gasteiger partial charge < -0.3 is 15.8 Å². The lowest BCUT2D eigenvalue weighted by molar-refractivity contribution is 0.101. The smallest absolute Gasteiger partial charge is 0.328 e. The molecule has 1 heterocycles. The van der Waals surface area contributed by atoms with E-state index in [1.54, 1.807) is 24.3 Å². The molecule has 0 aliphatic rings. The number of nitrogens with two attached hydrogens (primary N) is 1. The van der Waals surface area contributed by atoms with E-state index < -0.39 is 0 Å². The molecule has 0 saturated carbocycles. The molecular weight excluding hydrogens is 403 g/mol. The van der Waals surface area contributed by atoms with E-state index >= 15 is 0 Å². The Kier molecular flexibility index (Phi) is 5.59. The van der Waals surface area contributed by atoms with Gasteiger partial charge in [0.1, 0.15) is 0 Å². The number of ketones is 1. The Balaban J connectivity index is 1.92. The molecule has 8 nitrogen and oxygen atoms in total. The van der Waals surface area contributed by atoms with Crippen LogP contribution in [-0.2, 0) is 0 Å². The minimum absolute atomic E-state index is 0.0634. The van der Waals surface area contributed by atoms with Crippen molar-refractivity contribution < 1.29 is 9.53 Å². The first-order chi connectivity index (χ1) is 13.4. The molecule has 0 aliphatic carbocycles. The Morgan fingerprint density at radius 3 is 2.54 bits per heavy atom. The predicted octanol–water partition coefficient (Wildman–Crippen LogP) is 4.37. The van der Waals surface area contributed by atoms with Crippen molar-refractivity contribution in [1.82, 2.24) is 15.0 Å². The largest absolute Gasteiger partial charge is 0.422 e. The molecule has 0 saturated heterocycles. The predicted molar refractivity (Wildman–Crippen MR) is 105 cm³/mol. The van der Waals surface area contributed by atoms with Crippen LogP contribution in [0.4, 0.5) is 17.6 Å². The number of rotatable bonds is 5. The van der Waals surface area contributed by atoms with E-state index in [-0.39, 0.29) is 40.0 Å². The molecule has 3 N–H and O–H groups in total. The summed E-state index contributed by atoms with van der Waals surface area (Å²) < 4.78 is 5.62. The summed E-state index contributed by atoms with van der Waals surface area (Å²) in [6, 6.07) is 11.4. The third kappa shape index (κ3) is 4.46. The highest BCUT2D eigenvalue weighted by Crippen LogP contribution is 2.35. The molecule has 10 heteroatoms. The van der Waals surface area contributed by atoms with Gasteiger partial charge in [-0.05, 0) is 43.3 Å². The highest BCUT2D eigenvalue weighted by Gasteiger charge is 2.17. The molecule has 0 atom stereocenters. The number of hydrogen-bond acceptors (Lipinski definition) is 8. The van der Waals surface area contributed by atoms with Crippen molar-refractivity contribution >= 4 is 46.6 Å². The normalized spacial score (nSPS) is 10.2. The van der Waals surface area contributed by atoms with E-state index in [9.17, 15) is 4.79 Å². The fourth-order valence-electron chi connectivity index (χ4n) is 2.25. The third-order valence-corrected chi connectivity index (χ3v) is 3.98. The molecule has 140 valence electrons. The number of Topliss-reactive ketones (excluding diaryl/α,β-unsaturated/α-hetero) is 1. The summed E-state index contributed by atoms with van der Waals surface area (Å²) in [7, 11) is 0. The van der Waals surface area contributed by atoms with Crippen LogP contribution in [0.3, 0.4) is 0 Å². The maximum absolute atomic E-state index is 11.9. The number of anilines is 3. The van der Waals surface area contributed by atoms with Gasteiger partial charge in [-0.1, -0.05) is 23.2 Å². The van der Waals surface area contributed by atoms with Crippen LogP contribution in [-0.4, -0.2) is 20.7 Å². The van der Waals surface area contributed by atoms with Crippen molar-refractivity contribution in [2.75, 3.05) is 11.1 Å². The molecule has 0 amide bonds. The van der Waals surface area contributed by atoms with Gasteiger partial charge in [0.05, 0.1) is 22.2 Å². The van der Waals surface area contributed by atoms with Crippen LogP contribution in [0.2, 0.25) is 10.0 Å². The van der Waals surface area contributed by atoms with Crippen LogP contribution in [0, 0.1) is 11.3 Å². The van der Waals surface area contributed by atoms with E-state index in [2.05, 4.69) is 20.3 Å². The first kappa shape index (κ1) is 19.4. The molecule has 3 aromatic rings. The van der Waals surface area contributed by atoms with Gasteiger partial charge in [-0.15, -0.1) is 0 Å². The molecule has 0 spiro atoms. The second kappa shape index (κ2) is 8.08. The van der Waals surface area contributed by atoms with Crippen LogP contribution in [0.5, 0.6) is 11.8 Å². The van der Waals surface area contributed by atoms with Gasteiger partial charge in [0, 0.05) is 10.7 Å². The molecule has 0 fully saturated rings. The molecule has 0 radical (unpaired) electrons. The molecular formula is C18H12Cl2N6O2. The van der Waals surface area contributed by atoms with Crippen molar-refractivity contribution in [1.29, 1.82) is 5.26 Å². The molecule has 2 aromatic carbocycles. The molecule has 0 unspecified atom stereocenters. The third-order valence-electron chi connectivity index (χ3n) is 3.48. The van der Waals surface area contributed by atoms with Gasteiger partial charge in [-0.3, -0.25) is 4.79 Å². The quantitative estimate of drug-likeness (QED) is 0.588. The summed E-state index contributed by atoms with van der Waals surface area (Å²) in [6.45, 7) is 1.36. The van der Waals surface area contributed by atoms with E-state index in [0.29, 0.717) is 16.3 Å². The molecule has 0 aliphatic heterocycles. The molecule has 0 bridgehead atoms. The fourth-order valence-corrected chi connectivity index (χ4v) is 2.78. The van der Waals surface area contributed by atoms with Crippen molar-refractivity contribution in [3.05, 3.63) is 57.6 Å².